The zero-order valence-corrected chi connectivity index (χ0v) is 8.28. The molecule has 0 aliphatic heterocycles. The van der Waals surface area contributed by atoms with Crippen molar-refractivity contribution in [2.24, 2.45) is 0 Å². The highest BCUT2D eigenvalue weighted by molar-refractivity contribution is 5.68. The molecule has 2 rings (SSSR count). The molecule has 0 saturated carbocycles. The fourth-order valence-electron chi connectivity index (χ4n) is 1.18. The number of rotatable bonds is 4. The maximum atomic E-state index is 10.3. The molecule has 16 heavy (non-hydrogen) atoms. The number of benzene rings is 1. The van der Waals surface area contributed by atoms with E-state index in [0.29, 0.717) is 5.75 Å². The minimum absolute atomic E-state index is 0.345. The summed E-state index contributed by atoms with van der Waals surface area (Å²) in [4.78, 5) is 14.1. The Morgan fingerprint density at radius 2 is 2.12 bits per heavy atom. The molecular weight excluding hydrogens is 210 g/mol. The summed E-state index contributed by atoms with van der Waals surface area (Å²) >= 11 is 0. The average molecular weight is 219 g/mol. The first kappa shape index (κ1) is 10.2. The average Bonchev–Trinajstić information content (AvgIpc) is 2.80. The molecule has 1 aromatic heterocycles. The van der Waals surface area contributed by atoms with Crippen molar-refractivity contribution in [2.45, 2.75) is 0 Å². The molecular formula is C10H9N3O3. The molecule has 6 nitrogen and oxygen atoms in total. The lowest BCUT2D eigenvalue weighted by atomic mass is 10.3. The Morgan fingerprint density at radius 3 is 2.69 bits per heavy atom. The number of carbonyl (C=O) groups is 1. The zero-order valence-electron chi connectivity index (χ0n) is 8.28. The number of aromatic nitrogens is 3. The van der Waals surface area contributed by atoms with E-state index in [4.69, 9.17) is 9.84 Å². The Morgan fingerprint density at radius 1 is 1.38 bits per heavy atom. The zero-order chi connectivity index (χ0) is 11.4. The topological polar surface area (TPSA) is 77.2 Å². The molecule has 0 radical (unpaired) electrons. The third-order valence-electron chi connectivity index (χ3n) is 1.88. The summed E-state index contributed by atoms with van der Waals surface area (Å²) in [7, 11) is 0. The van der Waals surface area contributed by atoms with E-state index >= 15 is 0 Å². The maximum absolute atomic E-state index is 10.3. The molecule has 0 aliphatic rings. The van der Waals surface area contributed by atoms with E-state index in [9.17, 15) is 4.79 Å². The molecule has 1 N–H and O–H groups in total. The fraction of sp³-hybridized carbons (Fsp3) is 0.100. The van der Waals surface area contributed by atoms with Crippen LogP contribution in [-0.2, 0) is 4.79 Å². The van der Waals surface area contributed by atoms with Crippen LogP contribution in [0.3, 0.4) is 0 Å². The summed E-state index contributed by atoms with van der Waals surface area (Å²) in [5.74, 6) is -0.494. The number of aliphatic carboxylic acids is 1. The van der Waals surface area contributed by atoms with Gasteiger partial charge >= 0.3 is 5.97 Å². The van der Waals surface area contributed by atoms with Gasteiger partial charge in [0.25, 0.3) is 0 Å². The molecule has 0 amide bonds. The first-order valence-electron chi connectivity index (χ1n) is 4.55. The van der Waals surface area contributed by atoms with Gasteiger partial charge in [0.05, 0.1) is 5.69 Å². The predicted molar refractivity (Wildman–Crippen MR) is 54.5 cm³/mol. The lowest BCUT2D eigenvalue weighted by Crippen LogP contribution is -2.09. The van der Waals surface area contributed by atoms with Crippen LogP contribution in [0.15, 0.2) is 36.9 Å². The van der Waals surface area contributed by atoms with Gasteiger partial charge in [-0.1, -0.05) is 0 Å². The van der Waals surface area contributed by atoms with Crippen LogP contribution >= 0.6 is 0 Å². The van der Waals surface area contributed by atoms with Gasteiger partial charge in [-0.3, -0.25) is 0 Å². The van der Waals surface area contributed by atoms with E-state index in [-0.39, 0.29) is 6.61 Å². The summed E-state index contributed by atoms with van der Waals surface area (Å²) in [5, 5.41) is 12.4. The standard InChI is InChI=1S/C10H9N3O3/c14-10(15)5-16-9-3-1-8(2-4-9)13-7-11-6-12-13/h1-4,6-7H,5H2,(H,14,15). The van der Waals surface area contributed by atoms with E-state index < -0.39 is 5.97 Å². The van der Waals surface area contributed by atoms with Gasteiger partial charge in [0.1, 0.15) is 18.4 Å². The molecule has 82 valence electrons. The quantitative estimate of drug-likeness (QED) is 0.820. The van der Waals surface area contributed by atoms with Crippen molar-refractivity contribution in [3.8, 4) is 11.4 Å². The van der Waals surface area contributed by atoms with E-state index in [0.717, 1.165) is 5.69 Å². The summed E-state index contributed by atoms with van der Waals surface area (Å²) < 4.78 is 6.59. The molecule has 0 unspecified atom stereocenters. The van der Waals surface area contributed by atoms with Crippen LogP contribution in [0.5, 0.6) is 5.75 Å². The molecule has 0 aliphatic carbocycles. The third kappa shape index (κ3) is 2.35. The van der Waals surface area contributed by atoms with Gasteiger partial charge < -0.3 is 9.84 Å². The molecule has 0 spiro atoms. The van der Waals surface area contributed by atoms with Crippen LogP contribution in [0.2, 0.25) is 0 Å². The van der Waals surface area contributed by atoms with Gasteiger partial charge in [-0.15, -0.1) is 0 Å². The summed E-state index contributed by atoms with van der Waals surface area (Å²) in [5.41, 5.74) is 0.833. The lowest BCUT2D eigenvalue weighted by Gasteiger charge is -2.04. The largest absolute Gasteiger partial charge is 0.482 e. The Bertz CT molecular complexity index is 465. The van der Waals surface area contributed by atoms with Gasteiger partial charge in [0, 0.05) is 0 Å². The monoisotopic (exact) mass is 219 g/mol. The third-order valence-corrected chi connectivity index (χ3v) is 1.88. The van der Waals surface area contributed by atoms with Gasteiger partial charge in [-0.2, -0.15) is 5.10 Å². The normalized spacial score (nSPS) is 10.0. The van der Waals surface area contributed by atoms with Crippen molar-refractivity contribution in [1.82, 2.24) is 14.8 Å². The summed E-state index contributed by atoms with van der Waals surface area (Å²) in [6.45, 7) is -0.345. The van der Waals surface area contributed by atoms with Gasteiger partial charge in [-0.25, -0.2) is 14.5 Å². The number of carboxylic acids is 1. The Kier molecular flexibility index (Phi) is 2.81. The van der Waals surface area contributed by atoms with Gasteiger partial charge in [0.2, 0.25) is 0 Å². The Balaban J connectivity index is 2.08. The molecule has 2 aromatic rings. The maximum Gasteiger partial charge on any atom is 0.341 e. The SMILES string of the molecule is O=C(O)COc1ccc(-n2cncn2)cc1. The molecule has 6 heteroatoms. The smallest absolute Gasteiger partial charge is 0.341 e. The highest BCUT2D eigenvalue weighted by Gasteiger charge is 2.00. The molecule has 0 atom stereocenters. The van der Waals surface area contributed by atoms with Crippen LogP contribution in [0.25, 0.3) is 5.69 Å². The van der Waals surface area contributed by atoms with Crippen molar-refractivity contribution < 1.29 is 14.6 Å². The van der Waals surface area contributed by atoms with Crippen molar-refractivity contribution in [1.29, 1.82) is 0 Å². The molecule has 1 heterocycles. The number of nitrogens with zero attached hydrogens (tertiary/aromatic N) is 3. The number of ether oxygens (including phenoxy) is 1. The van der Waals surface area contributed by atoms with Crippen molar-refractivity contribution in [3.05, 3.63) is 36.9 Å². The van der Waals surface area contributed by atoms with Gasteiger partial charge in [-0.05, 0) is 24.3 Å². The Labute approximate surface area is 91.1 Å². The second-order valence-corrected chi connectivity index (χ2v) is 3.02. The van der Waals surface area contributed by atoms with Crippen molar-refractivity contribution >= 4 is 5.97 Å². The van der Waals surface area contributed by atoms with Gasteiger partial charge in [0.15, 0.2) is 6.61 Å². The summed E-state index contributed by atoms with van der Waals surface area (Å²) in [6, 6.07) is 6.90. The minimum Gasteiger partial charge on any atom is -0.482 e. The number of hydrogen-bond acceptors (Lipinski definition) is 4. The van der Waals surface area contributed by atoms with E-state index in [1.807, 2.05) is 0 Å². The van der Waals surface area contributed by atoms with Crippen LogP contribution in [-0.4, -0.2) is 32.4 Å². The highest BCUT2D eigenvalue weighted by atomic mass is 16.5. The van der Waals surface area contributed by atoms with Crippen molar-refractivity contribution in [3.63, 3.8) is 0 Å². The van der Waals surface area contributed by atoms with Crippen molar-refractivity contribution in [2.75, 3.05) is 6.61 Å². The summed E-state index contributed by atoms with van der Waals surface area (Å²) in [6.07, 6.45) is 3.02. The second kappa shape index (κ2) is 4.43. The van der Waals surface area contributed by atoms with Crippen LogP contribution in [0.4, 0.5) is 0 Å². The molecule has 0 bridgehead atoms. The number of hydrogen-bond donors (Lipinski definition) is 1. The van der Waals surface area contributed by atoms with Crippen LogP contribution in [0.1, 0.15) is 0 Å². The van der Waals surface area contributed by atoms with Crippen LogP contribution < -0.4 is 4.74 Å². The highest BCUT2D eigenvalue weighted by Crippen LogP contribution is 2.14. The first-order chi connectivity index (χ1) is 7.75. The second-order valence-electron chi connectivity index (χ2n) is 3.02. The van der Waals surface area contributed by atoms with Crippen LogP contribution in [0, 0.1) is 0 Å². The van der Waals surface area contributed by atoms with E-state index in [1.54, 1.807) is 35.3 Å². The van der Waals surface area contributed by atoms with E-state index in [2.05, 4.69) is 10.1 Å². The lowest BCUT2D eigenvalue weighted by molar-refractivity contribution is -0.139. The molecule has 1 aromatic carbocycles. The Hall–Kier alpha value is -2.37. The molecule has 0 fully saturated rings. The number of carboxylic acid groups (broad SMARTS) is 1. The fourth-order valence-corrected chi connectivity index (χ4v) is 1.18. The predicted octanol–water partition coefficient (Wildman–Crippen LogP) is 0.731. The van der Waals surface area contributed by atoms with E-state index in [1.165, 1.54) is 6.33 Å². The first-order valence-corrected chi connectivity index (χ1v) is 4.55. The minimum atomic E-state index is -1.000. The molecule has 0 saturated heterocycles.